The first-order valence-electron chi connectivity index (χ1n) is 5.48. The lowest BCUT2D eigenvalue weighted by molar-refractivity contribution is -0.135. The molecular weight excluding hydrogens is 301 g/mol. The van der Waals surface area contributed by atoms with Crippen LogP contribution < -0.4 is 5.73 Å². The zero-order valence-electron chi connectivity index (χ0n) is 10.5. The molecular formula is C10H15F3N2O2S2. The largest absolute Gasteiger partial charge is 0.402 e. The fourth-order valence-corrected chi connectivity index (χ4v) is 4.57. The van der Waals surface area contributed by atoms with Crippen LogP contribution in [0.4, 0.5) is 13.2 Å². The molecule has 9 heteroatoms. The molecule has 1 aromatic rings. The maximum atomic E-state index is 12.4. The van der Waals surface area contributed by atoms with E-state index in [1.165, 1.54) is 13.0 Å². The second kappa shape index (κ2) is 5.78. The van der Waals surface area contributed by atoms with Gasteiger partial charge in [-0.25, -0.2) is 8.42 Å². The lowest BCUT2D eigenvalue weighted by Crippen LogP contribution is -2.38. The molecule has 0 aliphatic heterocycles. The molecule has 0 saturated carbocycles. The second-order valence-electron chi connectivity index (χ2n) is 3.92. The normalized spacial score (nSPS) is 13.2. The Bertz CT molecular complexity index is 537. The Labute approximate surface area is 114 Å². The van der Waals surface area contributed by atoms with Crippen LogP contribution in [0.5, 0.6) is 0 Å². The van der Waals surface area contributed by atoms with Crippen LogP contribution in [0, 0.1) is 6.92 Å². The van der Waals surface area contributed by atoms with E-state index in [9.17, 15) is 21.6 Å². The maximum absolute atomic E-state index is 12.4. The molecule has 2 N–H and O–H groups in total. The van der Waals surface area contributed by atoms with Crippen molar-refractivity contribution in [1.29, 1.82) is 0 Å². The highest BCUT2D eigenvalue weighted by Crippen LogP contribution is 2.29. The summed E-state index contributed by atoms with van der Waals surface area (Å²) in [5, 5.41) is 0. The average molecular weight is 316 g/mol. The average Bonchev–Trinajstić information content (AvgIpc) is 2.66. The minimum absolute atomic E-state index is 0.100. The van der Waals surface area contributed by atoms with Crippen LogP contribution in [0.1, 0.15) is 17.4 Å². The molecule has 0 unspecified atom stereocenters. The Morgan fingerprint density at radius 2 is 2.00 bits per heavy atom. The van der Waals surface area contributed by atoms with Gasteiger partial charge in [0.1, 0.15) is 10.8 Å². The van der Waals surface area contributed by atoms with Gasteiger partial charge in [0.25, 0.3) is 10.0 Å². The summed E-state index contributed by atoms with van der Waals surface area (Å²) in [5.74, 6) is 0. The first kappa shape index (κ1) is 16.4. The topological polar surface area (TPSA) is 63.4 Å². The molecule has 0 aromatic carbocycles. The van der Waals surface area contributed by atoms with Crippen LogP contribution in [0.25, 0.3) is 0 Å². The number of sulfonamides is 1. The predicted molar refractivity (Wildman–Crippen MR) is 67.4 cm³/mol. The van der Waals surface area contributed by atoms with Gasteiger partial charge in [0.05, 0.1) is 0 Å². The molecule has 0 spiro atoms. The van der Waals surface area contributed by atoms with Gasteiger partial charge in [-0.15, -0.1) is 11.3 Å². The van der Waals surface area contributed by atoms with E-state index in [-0.39, 0.29) is 17.3 Å². The van der Waals surface area contributed by atoms with Crippen LogP contribution in [-0.2, 0) is 16.6 Å². The first-order chi connectivity index (χ1) is 8.61. The van der Waals surface area contributed by atoms with Crippen molar-refractivity contribution in [3.05, 3.63) is 16.5 Å². The summed E-state index contributed by atoms with van der Waals surface area (Å²) < 4.78 is 61.7. The van der Waals surface area contributed by atoms with E-state index >= 15 is 0 Å². The van der Waals surface area contributed by atoms with E-state index in [1.807, 2.05) is 0 Å². The van der Waals surface area contributed by atoms with E-state index in [4.69, 9.17) is 5.73 Å². The number of thiophene rings is 1. The number of alkyl halides is 3. The molecule has 0 atom stereocenters. The van der Waals surface area contributed by atoms with E-state index in [1.54, 1.807) is 6.92 Å². The minimum atomic E-state index is -4.56. The van der Waals surface area contributed by atoms with Gasteiger partial charge in [0.15, 0.2) is 0 Å². The Kier molecular flexibility index (Phi) is 4.99. The Morgan fingerprint density at radius 3 is 2.37 bits per heavy atom. The number of nitrogens with two attached hydrogens (primary N) is 1. The summed E-state index contributed by atoms with van der Waals surface area (Å²) in [6.45, 7) is 1.49. The van der Waals surface area contributed by atoms with Gasteiger partial charge in [-0.05, 0) is 18.6 Å². The lowest BCUT2D eigenvalue weighted by Gasteiger charge is -2.20. The van der Waals surface area contributed by atoms with Gasteiger partial charge in [-0.1, -0.05) is 6.92 Å². The first-order valence-corrected chi connectivity index (χ1v) is 7.73. The van der Waals surface area contributed by atoms with Crippen LogP contribution >= 0.6 is 11.3 Å². The zero-order valence-corrected chi connectivity index (χ0v) is 12.1. The molecule has 1 aromatic heterocycles. The van der Waals surface area contributed by atoms with Gasteiger partial charge in [0.2, 0.25) is 0 Å². The van der Waals surface area contributed by atoms with Crippen molar-refractivity contribution in [3.8, 4) is 0 Å². The highest BCUT2D eigenvalue weighted by atomic mass is 32.2. The Morgan fingerprint density at radius 1 is 1.42 bits per heavy atom. The number of hydrogen-bond donors (Lipinski definition) is 1. The molecule has 19 heavy (non-hydrogen) atoms. The number of hydrogen-bond acceptors (Lipinski definition) is 4. The van der Waals surface area contributed by atoms with Crippen molar-refractivity contribution in [2.75, 3.05) is 13.1 Å². The third kappa shape index (κ3) is 3.91. The molecule has 110 valence electrons. The Balaban J connectivity index is 3.13. The maximum Gasteiger partial charge on any atom is 0.402 e. The highest BCUT2D eigenvalue weighted by Gasteiger charge is 2.36. The van der Waals surface area contributed by atoms with Crippen molar-refractivity contribution in [1.82, 2.24) is 4.31 Å². The van der Waals surface area contributed by atoms with E-state index in [0.29, 0.717) is 14.7 Å². The van der Waals surface area contributed by atoms with Gasteiger partial charge in [-0.2, -0.15) is 17.5 Å². The third-order valence-corrected chi connectivity index (χ3v) is 6.12. The number of halogens is 3. The molecule has 1 rings (SSSR count). The molecule has 1 heterocycles. The summed E-state index contributed by atoms with van der Waals surface area (Å²) in [4.78, 5) is 0.654. The fourth-order valence-electron chi connectivity index (χ4n) is 1.51. The summed E-state index contributed by atoms with van der Waals surface area (Å²) >= 11 is 0.914. The van der Waals surface area contributed by atoms with Crippen molar-refractivity contribution in [2.45, 2.75) is 30.8 Å². The lowest BCUT2D eigenvalue weighted by atomic mass is 10.3. The zero-order chi connectivity index (χ0) is 14.8. The van der Waals surface area contributed by atoms with E-state index < -0.39 is 22.7 Å². The number of rotatable bonds is 5. The van der Waals surface area contributed by atoms with Gasteiger partial charge in [-0.3, -0.25) is 0 Å². The highest BCUT2D eigenvalue weighted by molar-refractivity contribution is 7.91. The monoisotopic (exact) mass is 316 g/mol. The van der Waals surface area contributed by atoms with Gasteiger partial charge >= 0.3 is 6.18 Å². The second-order valence-corrected chi connectivity index (χ2v) is 7.22. The Hall–Kier alpha value is -0.640. The summed E-state index contributed by atoms with van der Waals surface area (Å²) in [6, 6.07) is 1.36. The standard InChI is InChI=1S/C10H15F3N2O2S2/c1-3-15(6-10(11,12)13)19(16,17)9-4-7(2)8(5-14)18-9/h4H,3,5-6,14H2,1-2H3. The predicted octanol–water partition coefficient (Wildman–Crippen LogP) is 2.09. The number of nitrogens with zero attached hydrogens (tertiary/aromatic N) is 1. The fraction of sp³-hybridized carbons (Fsp3) is 0.600. The van der Waals surface area contributed by atoms with Crippen molar-refractivity contribution in [3.63, 3.8) is 0 Å². The molecule has 0 saturated heterocycles. The van der Waals surface area contributed by atoms with Gasteiger partial charge in [0, 0.05) is 18.0 Å². The van der Waals surface area contributed by atoms with Crippen molar-refractivity contribution < 1.29 is 21.6 Å². The summed E-state index contributed by atoms with van der Waals surface area (Å²) in [7, 11) is -4.12. The molecule has 0 fully saturated rings. The molecule has 0 aliphatic rings. The van der Waals surface area contributed by atoms with Gasteiger partial charge < -0.3 is 5.73 Å². The molecule has 0 radical (unpaired) electrons. The summed E-state index contributed by atoms with van der Waals surface area (Å²) in [5.41, 5.74) is 6.11. The molecule has 4 nitrogen and oxygen atoms in total. The van der Waals surface area contributed by atoms with Crippen LogP contribution in [0.3, 0.4) is 0 Å². The van der Waals surface area contributed by atoms with Crippen molar-refractivity contribution >= 4 is 21.4 Å². The number of aryl methyl sites for hydroxylation is 1. The smallest absolute Gasteiger partial charge is 0.326 e. The van der Waals surface area contributed by atoms with Crippen molar-refractivity contribution in [2.24, 2.45) is 5.73 Å². The molecule has 0 amide bonds. The van der Waals surface area contributed by atoms with E-state index in [0.717, 1.165) is 11.3 Å². The third-order valence-electron chi connectivity index (χ3n) is 2.49. The molecule has 0 aliphatic carbocycles. The van der Waals surface area contributed by atoms with E-state index in [2.05, 4.69) is 0 Å². The molecule has 0 bridgehead atoms. The SMILES string of the molecule is CCN(CC(F)(F)F)S(=O)(=O)c1cc(C)c(CN)s1. The summed E-state index contributed by atoms with van der Waals surface area (Å²) in [6.07, 6.45) is -4.56. The van der Waals surface area contributed by atoms with Crippen LogP contribution in [-0.4, -0.2) is 32.0 Å². The van der Waals surface area contributed by atoms with Crippen LogP contribution in [0.15, 0.2) is 10.3 Å². The quantitative estimate of drug-likeness (QED) is 0.904. The van der Waals surface area contributed by atoms with Crippen LogP contribution in [0.2, 0.25) is 0 Å². The minimum Gasteiger partial charge on any atom is -0.326 e.